The van der Waals surface area contributed by atoms with Crippen LogP contribution in [0.4, 0.5) is 0 Å². The van der Waals surface area contributed by atoms with E-state index in [-0.39, 0.29) is 0 Å². The van der Waals surface area contributed by atoms with Crippen molar-refractivity contribution >= 4 is 0 Å². The molecule has 0 spiro atoms. The summed E-state index contributed by atoms with van der Waals surface area (Å²) in [5.41, 5.74) is 1.22. The molecule has 3 rings (SSSR count). The first-order valence-corrected chi connectivity index (χ1v) is 6.25. The fraction of sp³-hybridized carbons (Fsp3) is 0.467. The highest BCUT2D eigenvalue weighted by atomic mass is 16.3. The van der Waals surface area contributed by atoms with Crippen molar-refractivity contribution in [2.24, 2.45) is 0 Å². The maximum absolute atomic E-state index is 10.8. The average Bonchev–Trinajstić information content (AvgIpc) is 2.69. The third-order valence-corrected chi connectivity index (χ3v) is 4.09. The van der Waals surface area contributed by atoms with E-state index in [0.717, 1.165) is 24.0 Å². The zero-order chi connectivity index (χ0) is 11.9. The highest BCUT2D eigenvalue weighted by molar-refractivity contribution is 5.36. The second-order valence-corrected chi connectivity index (χ2v) is 5.30. The standard InChI is InChI=1S/C15H17NO/c1-2-11-3-5-12(6-4-11)15(17)9-13-7-8-14(10-15)16-13/h1,3-6,13-14,16-17H,7-10H2. The fourth-order valence-electron chi connectivity index (χ4n) is 3.24. The van der Waals surface area contributed by atoms with Gasteiger partial charge in [0.25, 0.3) is 0 Å². The van der Waals surface area contributed by atoms with Gasteiger partial charge in [-0.05, 0) is 43.4 Å². The lowest BCUT2D eigenvalue weighted by atomic mass is 9.81. The Morgan fingerprint density at radius 2 is 1.76 bits per heavy atom. The van der Waals surface area contributed by atoms with Crippen LogP contribution in [0, 0.1) is 12.3 Å². The summed E-state index contributed by atoms with van der Waals surface area (Å²) in [6, 6.07) is 8.73. The van der Waals surface area contributed by atoms with Crippen molar-refractivity contribution in [2.45, 2.75) is 43.4 Å². The van der Waals surface area contributed by atoms with Gasteiger partial charge in [-0.1, -0.05) is 18.1 Å². The van der Waals surface area contributed by atoms with Gasteiger partial charge in [-0.3, -0.25) is 0 Å². The molecule has 2 heteroatoms. The van der Waals surface area contributed by atoms with Crippen LogP contribution in [0.3, 0.4) is 0 Å². The van der Waals surface area contributed by atoms with Crippen molar-refractivity contribution in [1.82, 2.24) is 5.32 Å². The third kappa shape index (κ3) is 1.86. The molecule has 1 aromatic rings. The second-order valence-electron chi connectivity index (χ2n) is 5.30. The Bertz CT molecular complexity index is 445. The van der Waals surface area contributed by atoms with Gasteiger partial charge in [-0.2, -0.15) is 0 Å². The Morgan fingerprint density at radius 1 is 1.18 bits per heavy atom. The first kappa shape index (κ1) is 10.8. The normalized spacial score (nSPS) is 35.5. The van der Waals surface area contributed by atoms with Crippen LogP contribution in [0.5, 0.6) is 0 Å². The smallest absolute Gasteiger partial charge is 0.0926 e. The van der Waals surface area contributed by atoms with E-state index >= 15 is 0 Å². The molecule has 2 atom stereocenters. The number of rotatable bonds is 1. The Labute approximate surface area is 102 Å². The van der Waals surface area contributed by atoms with Crippen LogP contribution in [0.25, 0.3) is 0 Å². The third-order valence-electron chi connectivity index (χ3n) is 4.09. The second kappa shape index (κ2) is 3.87. The monoisotopic (exact) mass is 227 g/mol. The van der Waals surface area contributed by atoms with Gasteiger partial charge in [0.2, 0.25) is 0 Å². The van der Waals surface area contributed by atoms with Crippen LogP contribution in [0.1, 0.15) is 36.8 Å². The molecular formula is C15H17NO. The highest BCUT2D eigenvalue weighted by Crippen LogP contribution is 2.40. The molecule has 2 unspecified atom stereocenters. The Morgan fingerprint density at radius 3 is 2.29 bits per heavy atom. The van der Waals surface area contributed by atoms with Crippen molar-refractivity contribution in [3.05, 3.63) is 35.4 Å². The van der Waals surface area contributed by atoms with Gasteiger partial charge < -0.3 is 10.4 Å². The van der Waals surface area contributed by atoms with Crippen molar-refractivity contribution in [3.63, 3.8) is 0 Å². The predicted octanol–water partition coefficient (Wildman–Crippen LogP) is 1.77. The molecule has 0 saturated carbocycles. The highest BCUT2D eigenvalue weighted by Gasteiger charge is 2.43. The van der Waals surface area contributed by atoms with Crippen LogP contribution in [0.2, 0.25) is 0 Å². The van der Waals surface area contributed by atoms with Gasteiger partial charge in [0, 0.05) is 17.6 Å². The lowest BCUT2D eigenvalue weighted by Gasteiger charge is -2.37. The van der Waals surface area contributed by atoms with Gasteiger partial charge in [0.1, 0.15) is 0 Å². The summed E-state index contributed by atoms with van der Waals surface area (Å²) in [4.78, 5) is 0. The Hall–Kier alpha value is -1.30. The largest absolute Gasteiger partial charge is 0.385 e. The van der Waals surface area contributed by atoms with E-state index < -0.39 is 5.60 Å². The molecule has 2 aliphatic rings. The van der Waals surface area contributed by atoms with E-state index in [1.807, 2.05) is 24.3 Å². The molecule has 0 radical (unpaired) electrons. The number of nitrogens with one attached hydrogen (secondary N) is 1. The maximum atomic E-state index is 10.8. The molecule has 88 valence electrons. The molecular weight excluding hydrogens is 210 g/mol. The van der Waals surface area contributed by atoms with Crippen LogP contribution in [-0.2, 0) is 5.60 Å². The lowest BCUT2D eigenvalue weighted by Crippen LogP contribution is -2.46. The molecule has 2 aliphatic heterocycles. The molecule has 2 heterocycles. The fourth-order valence-corrected chi connectivity index (χ4v) is 3.24. The molecule has 0 amide bonds. The minimum absolute atomic E-state index is 0.478. The number of benzene rings is 1. The first-order valence-electron chi connectivity index (χ1n) is 6.25. The van der Waals surface area contributed by atoms with Gasteiger partial charge >= 0.3 is 0 Å². The van der Waals surface area contributed by atoms with Gasteiger partial charge in [-0.25, -0.2) is 0 Å². The summed E-state index contributed by atoms with van der Waals surface area (Å²) < 4.78 is 0. The zero-order valence-corrected chi connectivity index (χ0v) is 9.82. The maximum Gasteiger partial charge on any atom is 0.0926 e. The van der Waals surface area contributed by atoms with E-state index in [9.17, 15) is 5.11 Å². The van der Waals surface area contributed by atoms with E-state index in [1.54, 1.807) is 0 Å². The molecule has 0 aromatic heterocycles. The predicted molar refractivity (Wildman–Crippen MR) is 67.5 cm³/mol. The molecule has 2 saturated heterocycles. The molecule has 2 nitrogen and oxygen atoms in total. The van der Waals surface area contributed by atoms with Crippen LogP contribution >= 0.6 is 0 Å². The first-order chi connectivity index (χ1) is 8.19. The van der Waals surface area contributed by atoms with Crippen molar-refractivity contribution in [3.8, 4) is 12.3 Å². The number of aliphatic hydroxyl groups is 1. The lowest BCUT2D eigenvalue weighted by molar-refractivity contribution is -0.0114. The van der Waals surface area contributed by atoms with E-state index in [2.05, 4.69) is 11.2 Å². The minimum Gasteiger partial charge on any atom is -0.385 e. The van der Waals surface area contributed by atoms with Crippen molar-refractivity contribution in [1.29, 1.82) is 0 Å². The number of terminal acetylenes is 1. The van der Waals surface area contributed by atoms with E-state index in [1.165, 1.54) is 12.8 Å². The van der Waals surface area contributed by atoms with Gasteiger partial charge in [0.05, 0.1) is 5.60 Å². The SMILES string of the molecule is C#Cc1ccc(C2(O)CC3CCC(C2)N3)cc1. The summed E-state index contributed by atoms with van der Waals surface area (Å²) in [6.45, 7) is 0. The summed E-state index contributed by atoms with van der Waals surface area (Å²) in [6.07, 6.45) is 9.36. The van der Waals surface area contributed by atoms with E-state index in [0.29, 0.717) is 12.1 Å². The molecule has 2 bridgehead atoms. The zero-order valence-electron chi connectivity index (χ0n) is 9.82. The molecule has 2 fully saturated rings. The average molecular weight is 227 g/mol. The van der Waals surface area contributed by atoms with Crippen LogP contribution < -0.4 is 5.32 Å². The van der Waals surface area contributed by atoms with Gasteiger partial charge in [0.15, 0.2) is 0 Å². The van der Waals surface area contributed by atoms with Crippen molar-refractivity contribution < 1.29 is 5.11 Å². The molecule has 17 heavy (non-hydrogen) atoms. The van der Waals surface area contributed by atoms with Crippen molar-refractivity contribution in [2.75, 3.05) is 0 Å². The number of hydrogen-bond acceptors (Lipinski definition) is 2. The summed E-state index contributed by atoms with van der Waals surface area (Å²) in [5, 5.41) is 14.3. The summed E-state index contributed by atoms with van der Waals surface area (Å²) >= 11 is 0. The Balaban J connectivity index is 1.89. The number of hydrogen-bond donors (Lipinski definition) is 2. The number of fused-ring (bicyclic) bond motifs is 2. The van der Waals surface area contributed by atoms with Gasteiger partial charge in [-0.15, -0.1) is 6.42 Å². The molecule has 0 aliphatic carbocycles. The Kier molecular flexibility index (Phi) is 2.47. The number of piperidine rings is 1. The summed E-state index contributed by atoms with van der Waals surface area (Å²) in [7, 11) is 0. The van der Waals surface area contributed by atoms with Crippen LogP contribution in [0.15, 0.2) is 24.3 Å². The van der Waals surface area contributed by atoms with E-state index in [4.69, 9.17) is 6.42 Å². The molecule has 1 aromatic carbocycles. The summed E-state index contributed by atoms with van der Waals surface area (Å²) in [5.74, 6) is 2.61. The quantitative estimate of drug-likeness (QED) is 0.717. The minimum atomic E-state index is -0.662. The van der Waals surface area contributed by atoms with Crippen LogP contribution in [-0.4, -0.2) is 17.2 Å². The topological polar surface area (TPSA) is 32.3 Å². The molecule has 2 N–H and O–H groups in total.